The van der Waals surface area contributed by atoms with E-state index in [1.165, 1.54) is 18.5 Å². The van der Waals surface area contributed by atoms with E-state index in [-0.39, 0.29) is 0 Å². The first-order chi connectivity index (χ1) is 8.20. The molecule has 0 spiro atoms. The first-order valence-corrected chi connectivity index (χ1v) is 7.00. The van der Waals surface area contributed by atoms with Gasteiger partial charge in [-0.2, -0.15) is 0 Å². The molecule has 0 saturated heterocycles. The molecule has 94 valence electrons. The minimum absolute atomic E-state index is 0.760. The predicted octanol–water partition coefficient (Wildman–Crippen LogP) is 3.60. The molecule has 17 heavy (non-hydrogen) atoms. The number of aryl methyl sites for hydroxylation is 1. The number of hydrogen-bond donors (Lipinski definition) is 1. The van der Waals surface area contributed by atoms with Crippen LogP contribution in [0.25, 0.3) is 0 Å². The summed E-state index contributed by atoms with van der Waals surface area (Å²) < 4.78 is 0. The van der Waals surface area contributed by atoms with Crippen LogP contribution < -0.4 is 5.32 Å². The van der Waals surface area contributed by atoms with Gasteiger partial charge in [-0.05, 0) is 54.8 Å². The standard InChI is InChI=1S/C16H25N/c1-4-13-5-7-14(8-6-13)16-9-15(16)11-17-10-12(2)3/h5-8,12,15-17H,4,9-11H2,1-3H3. The average molecular weight is 231 g/mol. The van der Waals surface area contributed by atoms with Gasteiger partial charge in [0, 0.05) is 0 Å². The van der Waals surface area contributed by atoms with Crippen LogP contribution in [-0.2, 0) is 6.42 Å². The largest absolute Gasteiger partial charge is 0.316 e. The van der Waals surface area contributed by atoms with Crippen molar-refractivity contribution in [2.75, 3.05) is 13.1 Å². The van der Waals surface area contributed by atoms with Crippen molar-refractivity contribution >= 4 is 0 Å². The maximum atomic E-state index is 3.57. The Balaban J connectivity index is 1.77. The SMILES string of the molecule is CCc1ccc(C2CC2CNCC(C)C)cc1. The van der Waals surface area contributed by atoms with Gasteiger partial charge in [0.05, 0.1) is 0 Å². The first kappa shape index (κ1) is 12.6. The Hall–Kier alpha value is -0.820. The van der Waals surface area contributed by atoms with Crippen molar-refractivity contribution in [2.24, 2.45) is 11.8 Å². The molecule has 1 aromatic carbocycles. The van der Waals surface area contributed by atoms with Crippen molar-refractivity contribution in [1.82, 2.24) is 5.32 Å². The van der Waals surface area contributed by atoms with Gasteiger partial charge in [-0.1, -0.05) is 45.0 Å². The van der Waals surface area contributed by atoms with Crippen molar-refractivity contribution in [3.8, 4) is 0 Å². The fourth-order valence-electron chi connectivity index (χ4n) is 2.44. The monoisotopic (exact) mass is 231 g/mol. The van der Waals surface area contributed by atoms with E-state index < -0.39 is 0 Å². The lowest BCUT2D eigenvalue weighted by Crippen LogP contribution is -2.22. The lowest BCUT2D eigenvalue weighted by atomic mass is 10.1. The van der Waals surface area contributed by atoms with Gasteiger partial charge in [0.25, 0.3) is 0 Å². The normalized spacial score (nSPS) is 23.1. The van der Waals surface area contributed by atoms with Gasteiger partial charge in [-0.3, -0.25) is 0 Å². The smallest absolute Gasteiger partial charge is 0.00143 e. The summed E-state index contributed by atoms with van der Waals surface area (Å²) in [7, 11) is 0. The second-order valence-corrected chi connectivity index (χ2v) is 5.75. The molecule has 1 heteroatoms. The van der Waals surface area contributed by atoms with Gasteiger partial charge in [0.2, 0.25) is 0 Å². The second kappa shape index (κ2) is 5.68. The van der Waals surface area contributed by atoms with Gasteiger partial charge in [0.15, 0.2) is 0 Å². The fourth-order valence-corrected chi connectivity index (χ4v) is 2.44. The van der Waals surface area contributed by atoms with Gasteiger partial charge >= 0.3 is 0 Å². The summed E-state index contributed by atoms with van der Waals surface area (Å²) in [5.41, 5.74) is 2.99. The second-order valence-electron chi connectivity index (χ2n) is 5.75. The molecule has 1 nitrogen and oxygen atoms in total. The maximum Gasteiger partial charge on any atom is -0.00143 e. The molecule has 1 fully saturated rings. The summed E-state index contributed by atoms with van der Waals surface area (Å²) in [6.07, 6.45) is 2.51. The molecule has 0 bridgehead atoms. The van der Waals surface area contributed by atoms with Crippen LogP contribution in [0.5, 0.6) is 0 Å². The maximum absolute atomic E-state index is 3.57. The highest BCUT2D eigenvalue weighted by Gasteiger charge is 2.37. The fraction of sp³-hybridized carbons (Fsp3) is 0.625. The molecule has 1 saturated carbocycles. The highest BCUT2D eigenvalue weighted by atomic mass is 14.9. The number of benzene rings is 1. The third-order valence-corrected chi connectivity index (χ3v) is 3.70. The van der Waals surface area contributed by atoms with Gasteiger partial charge in [0.1, 0.15) is 0 Å². The summed E-state index contributed by atoms with van der Waals surface area (Å²) in [5, 5.41) is 3.57. The number of nitrogens with one attached hydrogen (secondary N) is 1. The molecule has 2 atom stereocenters. The summed E-state index contributed by atoms with van der Waals surface area (Å²) >= 11 is 0. The highest BCUT2D eigenvalue weighted by Crippen LogP contribution is 2.46. The van der Waals surface area contributed by atoms with Crippen LogP contribution in [0.2, 0.25) is 0 Å². The molecular weight excluding hydrogens is 206 g/mol. The molecule has 0 heterocycles. The molecular formula is C16H25N. The van der Waals surface area contributed by atoms with E-state index in [2.05, 4.69) is 50.4 Å². The van der Waals surface area contributed by atoms with E-state index in [0.29, 0.717) is 0 Å². The molecule has 0 aromatic heterocycles. The molecule has 0 amide bonds. The summed E-state index contributed by atoms with van der Waals surface area (Å²) in [4.78, 5) is 0. The zero-order valence-corrected chi connectivity index (χ0v) is 11.4. The molecule has 0 aliphatic heterocycles. The van der Waals surface area contributed by atoms with Gasteiger partial charge < -0.3 is 5.32 Å². The van der Waals surface area contributed by atoms with Crippen molar-refractivity contribution in [1.29, 1.82) is 0 Å². The van der Waals surface area contributed by atoms with Crippen LogP contribution >= 0.6 is 0 Å². The minimum atomic E-state index is 0.760. The van der Waals surface area contributed by atoms with E-state index in [1.54, 1.807) is 5.56 Å². The number of rotatable bonds is 6. The Bertz CT molecular complexity index is 339. The van der Waals surface area contributed by atoms with Crippen molar-refractivity contribution < 1.29 is 0 Å². The lowest BCUT2D eigenvalue weighted by Gasteiger charge is -2.07. The van der Waals surface area contributed by atoms with Crippen LogP contribution in [0, 0.1) is 11.8 Å². The molecule has 1 aliphatic carbocycles. The Morgan fingerprint density at radius 2 is 1.94 bits per heavy atom. The third-order valence-electron chi connectivity index (χ3n) is 3.70. The molecule has 1 N–H and O–H groups in total. The zero-order chi connectivity index (χ0) is 12.3. The topological polar surface area (TPSA) is 12.0 Å². The highest BCUT2D eigenvalue weighted by molar-refractivity contribution is 5.29. The van der Waals surface area contributed by atoms with Crippen LogP contribution in [-0.4, -0.2) is 13.1 Å². The van der Waals surface area contributed by atoms with Crippen LogP contribution in [0.1, 0.15) is 44.2 Å². The Morgan fingerprint density at radius 1 is 1.24 bits per heavy atom. The third kappa shape index (κ3) is 3.57. The Labute approximate surface area is 106 Å². The molecule has 2 unspecified atom stereocenters. The summed E-state index contributed by atoms with van der Waals surface area (Å²) in [6, 6.07) is 9.22. The average Bonchev–Trinajstić information content (AvgIpc) is 3.08. The quantitative estimate of drug-likeness (QED) is 0.789. The minimum Gasteiger partial charge on any atom is -0.316 e. The van der Waals surface area contributed by atoms with E-state index >= 15 is 0 Å². The molecule has 0 radical (unpaired) electrons. The predicted molar refractivity (Wildman–Crippen MR) is 74.4 cm³/mol. The molecule has 1 aromatic rings. The van der Waals surface area contributed by atoms with Gasteiger partial charge in [-0.25, -0.2) is 0 Å². The molecule has 2 rings (SSSR count). The van der Waals surface area contributed by atoms with Crippen LogP contribution in [0.3, 0.4) is 0 Å². The summed E-state index contributed by atoms with van der Waals surface area (Å²) in [6.45, 7) is 9.09. The lowest BCUT2D eigenvalue weighted by molar-refractivity contribution is 0.532. The molecule has 1 aliphatic rings. The van der Waals surface area contributed by atoms with E-state index in [0.717, 1.165) is 30.7 Å². The Kier molecular flexibility index (Phi) is 4.22. The van der Waals surface area contributed by atoms with Crippen LogP contribution in [0.15, 0.2) is 24.3 Å². The van der Waals surface area contributed by atoms with E-state index in [4.69, 9.17) is 0 Å². The zero-order valence-electron chi connectivity index (χ0n) is 11.4. The first-order valence-electron chi connectivity index (χ1n) is 7.00. The van der Waals surface area contributed by atoms with Crippen molar-refractivity contribution in [3.63, 3.8) is 0 Å². The van der Waals surface area contributed by atoms with E-state index in [9.17, 15) is 0 Å². The van der Waals surface area contributed by atoms with Crippen molar-refractivity contribution in [2.45, 2.75) is 39.5 Å². The van der Waals surface area contributed by atoms with Gasteiger partial charge in [-0.15, -0.1) is 0 Å². The number of hydrogen-bond acceptors (Lipinski definition) is 1. The summed E-state index contributed by atoms with van der Waals surface area (Å²) in [5.74, 6) is 2.46. The van der Waals surface area contributed by atoms with Crippen molar-refractivity contribution in [3.05, 3.63) is 35.4 Å². The Morgan fingerprint density at radius 3 is 2.53 bits per heavy atom. The van der Waals surface area contributed by atoms with E-state index in [1.807, 2.05) is 0 Å². The van der Waals surface area contributed by atoms with Crippen LogP contribution in [0.4, 0.5) is 0 Å².